The van der Waals surface area contributed by atoms with Gasteiger partial charge in [0.05, 0.1) is 20.8 Å². The van der Waals surface area contributed by atoms with Gasteiger partial charge < -0.3 is 19.9 Å². The number of hydrogen-bond donors (Lipinski definition) is 1. The van der Waals surface area contributed by atoms with Crippen molar-refractivity contribution in [1.82, 2.24) is 0 Å². The van der Waals surface area contributed by atoms with Crippen LogP contribution < -0.4 is 15.2 Å². The molecule has 1 aromatic carbocycles. The molecule has 0 heterocycles. The predicted octanol–water partition coefficient (Wildman–Crippen LogP) is 2.18. The van der Waals surface area contributed by atoms with Gasteiger partial charge in [0.2, 0.25) is 0 Å². The van der Waals surface area contributed by atoms with E-state index in [1.54, 1.807) is 13.2 Å². The van der Waals surface area contributed by atoms with Gasteiger partial charge in [-0.3, -0.25) is 4.79 Å². The molecule has 0 aliphatic carbocycles. The summed E-state index contributed by atoms with van der Waals surface area (Å²) >= 11 is 6.02. The second-order valence-corrected chi connectivity index (χ2v) is 4.60. The van der Waals surface area contributed by atoms with Gasteiger partial charge in [0.25, 0.3) is 0 Å². The molecule has 112 valence electrons. The van der Waals surface area contributed by atoms with Crippen molar-refractivity contribution in [3.8, 4) is 11.5 Å². The monoisotopic (exact) mass is 301 g/mol. The van der Waals surface area contributed by atoms with Gasteiger partial charge in [-0.25, -0.2) is 0 Å². The van der Waals surface area contributed by atoms with Crippen LogP contribution in [0.4, 0.5) is 0 Å². The van der Waals surface area contributed by atoms with Gasteiger partial charge in [-0.05, 0) is 25.5 Å². The number of nitrogens with two attached hydrogens (primary N) is 1. The molecule has 6 heteroatoms. The fourth-order valence-electron chi connectivity index (χ4n) is 1.77. The van der Waals surface area contributed by atoms with E-state index in [2.05, 4.69) is 4.74 Å². The van der Waals surface area contributed by atoms with E-state index < -0.39 is 0 Å². The predicted molar refractivity (Wildman–Crippen MR) is 77.5 cm³/mol. The van der Waals surface area contributed by atoms with Crippen molar-refractivity contribution in [1.29, 1.82) is 0 Å². The molecule has 0 aliphatic heterocycles. The first-order valence-electron chi connectivity index (χ1n) is 6.38. The van der Waals surface area contributed by atoms with Crippen LogP contribution >= 0.6 is 11.6 Å². The van der Waals surface area contributed by atoms with E-state index in [-0.39, 0.29) is 5.97 Å². The third-order valence-corrected chi connectivity index (χ3v) is 2.95. The molecule has 0 saturated heterocycles. The SMILES string of the molecule is COC(=O)CCCOc1c(CCN)cc(Cl)cc1OC. The van der Waals surface area contributed by atoms with Crippen LogP contribution in [0, 0.1) is 0 Å². The van der Waals surface area contributed by atoms with Gasteiger partial charge in [-0.15, -0.1) is 0 Å². The van der Waals surface area contributed by atoms with Crippen molar-refractivity contribution in [3.05, 3.63) is 22.7 Å². The molecule has 0 radical (unpaired) electrons. The maximum atomic E-state index is 11.0. The number of methoxy groups -OCH3 is 2. The minimum Gasteiger partial charge on any atom is -0.493 e. The quantitative estimate of drug-likeness (QED) is 0.588. The number of esters is 1. The standard InChI is InChI=1S/C14H20ClNO4/c1-18-12-9-11(15)8-10(5-6-16)14(12)20-7-3-4-13(17)19-2/h8-9H,3-7,16H2,1-2H3. The van der Waals surface area contributed by atoms with Crippen molar-refractivity contribution < 1.29 is 19.0 Å². The molecule has 5 nitrogen and oxygen atoms in total. The van der Waals surface area contributed by atoms with E-state index in [0.29, 0.717) is 48.9 Å². The van der Waals surface area contributed by atoms with Crippen LogP contribution in [0.25, 0.3) is 0 Å². The Balaban J connectivity index is 2.73. The molecule has 0 aliphatic rings. The van der Waals surface area contributed by atoms with E-state index >= 15 is 0 Å². The first-order chi connectivity index (χ1) is 9.62. The van der Waals surface area contributed by atoms with Gasteiger partial charge in [-0.2, -0.15) is 0 Å². The van der Waals surface area contributed by atoms with Crippen molar-refractivity contribution in [3.63, 3.8) is 0 Å². The first-order valence-corrected chi connectivity index (χ1v) is 6.76. The second-order valence-electron chi connectivity index (χ2n) is 4.16. The van der Waals surface area contributed by atoms with E-state index in [0.717, 1.165) is 5.56 Å². The fourth-order valence-corrected chi connectivity index (χ4v) is 2.00. The highest BCUT2D eigenvalue weighted by Crippen LogP contribution is 2.35. The number of hydrogen-bond acceptors (Lipinski definition) is 5. The van der Waals surface area contributed by atoms with Crippen molar-refractivity contribution in [2.45, 2.75) is 19.3 Å². The van der Waals surface area contributed by atoms with Crippen molar-refractivity contribution >= 4 is 17.6 Å². The lowest BCUT2D eigenvalue weighted by atomic mass is 10.1. The topological polar surface area (TPSA) is 70.8 Å². The van der Waals surface area contributed by atoms with Crippen LogP contribution in [0.15, 0.2) is 12.1 Å². The summed E-state index contributed by atoms with van der Waals surface area (Å²) in [6.45, 7) is 0.882. The largest absolute Gasteiger partial charge is 0.493 e. The van der Waals surface area contributed by atoms with E-state index in [9.17, 15) is 4.79 Å². The van der Waals surface area contributed by atoms with E-state index in [1.165, 1.54) is 7.11 Å². The Morgan fingerprint density at radius 2 is 2.10 bits per heavy atom. The smallest absolute Gasteiger partial charge is 0.305 e. The van der Waals surface area contributed by atoms with Gasteiger partial charge in [-0.1, -0.05) is 11.6 Å². The Labute approximate surface area is 123 Å². The van der Waals surface area contributed by atoms with Crippen LogP contribution in [-0.2, 0) is 16.0 Å². The minimum atomic E-state index is -0.251. The normalized spacial score (nSPS) is 10.2. The Morgan fingerprint density at radius 1 is 1.35 bits per heavy atom. The lowest BCUT2D eigenvalue weighted by Crippen LogP contribution is -2.09. The van der Waals surface area contributed by atoms with Gasteiger partial charge in [0.15, 0.2) is 11.5 Å². The zero-order chi connectivity index (χ0) is 15.0. The summed E-state index contributed by atoms with van der Waals surface area (Å²) in [5.41, 5.74) is 6.48. The highest BCUT2D eigenvalue weighted by molar-refractivity contribution is 6.30. The number of ether oxygens (including phenoxy) is 3. The Morgan fingerprint density at radius 3 is 2.70 bits per heavy atom. The minimum absolute atomic E-state index is 0.251. The first kappa shape index (κ1) is 16.6. The summed E-state index contributed by atoms with van der Waals surface area (Å²) in [4.78, 5) is 11.0. The number of carbonyl (C=O) groups is 1. The summed E-state index contributed by atoms with van der Waals surface area (Å²) in [6.07, 6.45) is 1.53. The molecular weight excluding hydrogens is 282 g/mol. The molecule has 20 heavy (non-hydrogen) atoms. The number of benzene rings is 1. The Kier molecular flexibility index (Phi) is 7.18. The molecule has 0 atom stereocenters. The molecule has 0 fully saturated rings. The third kappa shape index (κ3) is 4.90. The number of rotatable bonds is 8. The van der Waals surface area contributed by atoms with Crippen LogP contribution in [0.2, 0.25) is 5.02 Å². The zero-order valence-corrected chi connectivity index (χ0v) is 12.5. The average molecular weight is 302 g/mol. The molecule has 0 bridgehead atoms. The molecular formula is C14H20ClNO4. The summed E-state index contributed by atoms with van der Waals surface area (Å²) < 4.78 is 15.6. The molecule has 1 rings (SSSR count). The molecule has 0 spiro atoms. The van der Waals surface area contributed by atoms with Crippen molar-refractivity contribution in [2.24, 2.45) is 5.73 Å². The summed E-state index contributed by atoms with van der Waals surface area (Å²) in [5.74, 6) is 0.949. The van der Waals surface area contributed by atoms with E-state index in [4.69, 9.17) is 26.8 Å². The molecule has 2 N–H and O–H groups in total. The number of halogens is 1. The maximum Gasteiger partial charge on any atom is 0.305 e. The third-order valence-electron chi connectivity index (χ3n) is 2.73. The summed E-state index contributed by atoms with van der Waals surface area (Å²) in [6, 6.07) is 3.50. The van der Waals surface area contributed by atoms with Crippen LogP contribution in [0.3, 0.4) is 0 Å². The lowest BCUT2D eigenvalue weighted by molar-refractivity contribution is -0.140. The zero-order valence-electron chi connectivity index (χ0n) is 11.8. The molecule has 0 amide bonds. The maximum absolute atomic E-state index is 11.0. The number of carbonyl (C=O) groups excluding carboxylic acids is 1. The average Bonchev–Trinajstić information content (AvgIpc) is 2.44. The van der Waals surface area contributed by atoms with E-state index in [1.807, 2.05) is 6.07 Å². The highest BCUT2D eigenvalue weighted by atomic mass is 35.5. The Bertz CT molecular complexity index is 451. The van der Waals surface area contributed by atoms with Crippen LogP contribution in [0.5, 0.6) is 11.5 Å². The van der Waals surface area contributed by atoms with Crippen LogP contribution in [0.1, 0.15) is 18.4 Å². The molecule has 0 unspecified atom stereocenters. The Hall–Kier alpha value is -1.46. The van der Waals surface area contributed by atoms with Crippen molar-refractivity contribution in [2.75, 3.05) is 27.4 Å². The molecule has 1 aromatic rings. The van der Waals surface area contributed by atoms with Crippen LogP contribution in [-0.4, -0.2) is 33.3 Å². The summed E-state index contributed by atoms with van der Waals surface area (Å²) in [5, 5.41) is 0.576. The molecule has 0 aromatic heterocycles. The lowest BCUT2D eigenvalue weighted by Gasteiger charge is -2.15. The highest BCUT2D eigenvalue weighted by Gasteiger charge is 2.12. The fraction of sp³-hybridized carbons (Fsp3) is 0.500. The second kappa shape index (κ2) is 8.66. The van der Waals surface area contributed by atoms with Gasteiger partial charge in [0.1, 0.15) is 0 Å². The van der Waals surface area contributed by atoms with Gasteiger partial charge >= 0.3 is 5.97 Å². The molecule has 0 saturated carbocycles. The van der Waals surface area contributed by atoms with Gasteiger partial charge in [0, 0.05) is 23.1 Å². The summed E-state index contributed by atoms with van der Waals surface area (Å²) in [7, 11) is 2.92.